The highest BCUT2D eigenvalue weighted by Crippen LogP contribution is 2.19. The van der Waals surface area contributed by atoms with Gasteiger partial charge in [0, 0.05) is 17.6 Å². The normalized spacial score (nSPS) is 10.3. The first-order valence-electron chi connectivity index (χ1n) is 4.65. The Hall–Kier alpha value is -1.80. The molecule has 0 fully saturated rings. The van der Waals surface area contributed by atoms with Crippen molar-refractivity contribution in [3.63, 3.8) is 0 Å². The fraction of sp³-hybridized carbons (Fsp3) is 0.111. The van der Waals surface area contributed by atoms with E-state index in [1.54, 1.807) is 11.6 Å². The molecule has 2 aromatic heterocycles. The Morgan fingerprint density at radius 2 is 2.06 bits per heavy atom. The predicted molar refractivity (Wildman–Crippen MR) is 61.4 cm³/mol. The van der Waals surface area contributed by atoms with Crippen molar-refractivity contribution in [2.24, 2.45) is 5.84 Å². The average Bonchev–Trinajstić information content (AvgIpc) is 2.81. The van der Waals surface area contributed by atoms with Crippen LogP contribution in [-0.2, 0) is 6.54 Å². The molecule has 0 aromatic carbocycles. The third kappa shape index (κ3) is 2.66. The Balaban J connectivity index is 2.15. The number of pyridine rings is 1. The van der Waals surface area contributed by atoms with Crippen LogP contribution in [0.2, 0.25) is 0 Å². The maximum atomic E-state index is 13.3. The molecular weight excluding hydrogens is 248 g/mol. The zero-order valence-corrected chi connectivity index (χ0v) is 9.39. The second-order valence-corrected chi connectivity index (χ2v) is 4.05. The van der Waals surface area contributed by atoms with Gasteiger partial charge in [-0.2, -0.15) is 0 Å². The molecule has 90 valence electrons. The molecule has 0 radical (unpaired) electrons. The van der Waals surface area contributed by atoms with Crippen LogP contribution in [0.4, 0.5) is 20.4 Å². The number of hydrazine groups is 1. The van der Waals surface area contributed by atoms with E-state index in [1.165, 1.54) is 11.3 Å². The molecule has 0 unspecified atom stereocenters. The quantitative estimate of drug-likeness (QED) is 0.574. The van der Waals surface area contributed by atoms with Crippen LogP contribution in [0.25, 0.3) is 0 Å². The van der Waals surface area contributed by atoms with E-state index in [0.29, 0.717) is 12.6 Å². The van der Waals surface area contributed by atoms with E-state index >= 15 is 0 Å². The zero-order valence-electron chi connectivity index (χ0n) is 8.58. The van der Waals surface area contributed by atoms with Gasteiger partial charge >= 0.3 is 0 Å². The van der Waals surface area contributed by atoms with Crippen molar-refractivity contribution in [3.05, 3.63) is 34.3 Å². The smallest absolute Gasteiger partial charge is 0.178 e. The van der Waals surface area contributed by atoms with E-state index < -0.39 is 11.6 Å². The average molecular weight is 257 g/mol. The van der Waals surface area contributed by atoms with E-state index in [2.05, 4.69) is 20.7 Å². The van der Waals surface area contributed by atoms with E-state index in [0.717, 1.165) is 5.01 Å². The van der Waals surface area contributed by atoms with Gasteiger partial charge < -0.3 is 10.7 Å². The van der Waals surface area contributed by atoms with Crippen LogP contribution in [-0.4, -0.2) is 9.97 Å². The van der Waals surface area contributed by atoms with Gasteiger partial charge in [0.25, 0.3) is 0 Å². The Bertz CT molecular complexity index is 502. The first-order valence-corrected chi connectivity index (χ1v) is 5.53. The molecule has 0 aliphatic carbocycles. The lowest BCUT2D eigenvalue weighted by Crippen LogP contribution is -2.13. The summed E-state index contributed by atoms with van der Waals surface area (Å²) in [6.45, 7) is 0.317. The van der Waals surface area contributed by atoms with Gasteiger partial charge in [0.15, 0.2) is 23.3 Å². The number of nitrogens with zero attached hydrogens (tertiary/aromatic N) is 2. The van der Waals surface area contributed by atoms with Gasteiger partial charge in [0.1, 0.15) is 5.01 Å². The Morgan fingerprint density at radius 1 is 1.29 bits per heavy atom. The van der Waals surface area contributed by atoms with Crippen molar-refractivity contribution >= 4 is 23.0 Å². The number of anilines is 2. The van der Waals surface area contributed by atoms with Gasteiger partial charge in [-0.05, 0) is 0 Å². The van der Waals surface area contributed by atoms with Crippen molar-refractivity contribution in [2.45, 2.75) is 6.54 Å². The molecule has 0 bridgehead atoms. The lowest BCUT2D eigenvalue weighted by molar-refractivity contribution is 0.578. The van der Waals surface area contributed by atoms with Crippen molar-refractivity contribution in [1.29, 1.82) is 0 Å². The van der Waals surface area contributed by atoms with Crippen molar-refractivity contribution in [2.75, 3.05) is 10.7 Å². The lowest BCUT2D eigenvalue weighted by Gasteiger charge is -2.07. The molecule has 0 saturated heterocycles. The Kier molecular flexibility index (Phi) is 3.45. The highest BCUT2D eigenvalue weighted by molar-refractivity contribution is 7.09. The standard InChI is InChI=1S/C9H9F2N5S/c10-5-3-6(11)9(16-12)15-8(5)14-4-7-13-1-2-17-7/h1-3H,4,12H2,(H2,14,15,16). The molecule has 4 N–H and O–H groups in total. The van der Waals surface area contributed by atoms with Gasteiger partial charge in [0.05, 0.1) is 6.54 Å². The van der Waals surface area contributed by atoms with Crippen LogP contribution in [0.3, 0.4) is 0 Å². The number of nitrogens with two attached hydrogens (primary N) is 1. The highest BCUT2D eigenvalue weighted by Gasteiger charge is 2.11. The van der Waals surface area contributed by atoms with Crippen LogP contribution in [0.1, 0.15) is 5.01 Å². The van der Waals surface area contributed by atoms with E-state index in [4.69, 9.17) is 5.84 Å². The molecular formula is C9H9F2N5S. The minimum absolute atomic E-state index is 0.0745. The van der Waals surface area contributed by atoms with Crippen LogP contribution < -0.4 is 16.6 Å². The molecule has 17 heavy (non-hydrogen) atoms. The maximum absolute atomic E-state index is 13.3. The topological polar surface area (TPSA) is 75.9 Å². The molecule has 0 spiro atoms. The minimum atomic E-state index is -0.843. The Morgan fingerprint density at radius 3 is 2.71 bits per heavy atom. The SMILES string of the molecule is NNc1nc(NCc2nccs2)c(F)cc1F. The molecule has 2 rings (SSSR count). The second kappa shape index (κ2) is 5.02. The summed E-state index contributed by atoms with van der Waals surface area (Å²) in [5.41, 5.74) is 2.05. The number of aromatic nitrogens is 2. The number of nitrogen functional groups attached to an aromatic ring is 1. The summed E-state index contributed by atoms with van der Waals surface area (Å²) in [5.74, 6) is 3.14. The first kappa shape index (κ1) is 11.7. The highest BCUT2D eigenvalue weighted by atomic mass is 32.1. The number of thiazole rings is 1. The van der Waals surface area contributed by atoms with Gasteiger partial charge in [-0.1, -0.05) is 0 Å². The van der Waals surface area contributed by atoms with Crippen LogP contribution in [0.5, 0.6) is 0 Å². The number of hydrogen-bond donors (Lipinski definition) is 3. The lowest BCUT2D eigenvalue weighted by atomic mass is 10.4. The molecule has 5 nitrogen and oxygen atoms in total. The summed E-state index contributed by atoms with van der Waals surface area (Å²) < 4.78 is 26.4. The van der Waals surface area contributed by atoms with E-state index in [9.17, 15) is 8.78 Å². The summed E-state index contributed by atoms with van der Waals surface area (Å²) in [4.78, 5) is 7.68. The molecule has 0 aliphatic rings. The van der Waals surface area contributed by atoms with Crippen LogP contribution in [0, 0.1) is 11.6 Å². The van der Waals surface area contributed by atoms with Crippen LogP contribution in [0.15, 0.2) is 17.6 Å². The fourth-order valence-electron chi connectivity index (χ4n) is 1.19. The fourth-order valence-corrected chi connectivity index (χ4v) is 1.75. The summed E-state index contributed by atoms with van der Waals surface area (Å²) in [6.07, 6.45) is 1.64. The molecule has 0 amide bonds. The van der Waals surface area contributed by atoms with Crippen molar-refractivity contribution in [3.8, 4) is 0 Å². The Labute approximate surface area is 99.7 Å². The summed E-state index contributed by atoms with van der Waals surface area (Å²) in [7, 11) is 0. The maximum Gasteiger partial charge on any atom is 0.178 e. The monoisotopic (exact) mass is 257 g/mol. The third-order valence-corrected chi connectivity index (χ3v) is 2.74. The molecule has 0 saturated carbocycles. The van der Waals surface area contributed by atoms with Crippen molar-refractivity contribution in [1.82, 2.24) is 9.97 Å². The second-order valence-electron chi connectivity index (χ2n) is 3.07. The molecule has 2 heterocycles. The predicted octanol–water partition coefficient (Wildman–Crippen LogP) is 1.71. The van der Waals surface area contributed by atoms with Gasteiger partial charge in [-0.3, -0.25) is 0 Å². The van der Waals surface area contributed by atoms with E-state index in [1.807, 2.05) is 0 Å². The molecule has 2 aromatic rings. The minimum Gasteiger partial charge on any atom is -0.361 e. The largest absolute Gasteiger partial charge is 0.361 e. The third-order valence-electron chi connectivity index (χ3n) is 1.96. The molecule has 0 aliphatic heterocycles. The summed E-state index contributed by atoms with van der Waals surface area (Å²) >= 11 is 1.42. The van der Waals surface area contributed by atoms with Gasteiger partial charge in [0.2, 0.25) is 0 Å². The molecule has 8 heteroatoms. The first-order chi connectivity index (χ1) is 8.20. The number of rotatable bonds is 4. The summed E-state index contributed by atoms with van der Waals surface area (Å²) in [5, 5.41) is 5.30. The molecule has 0 atom stereocenters. The number of hydrogen-bond acceptors (Lipinski definition) is 6. The van der Waals surface area contributed by atoms with E-state index in [-0.39, 0.29) is 11.6 Å². The van der Waals surface area contributed by atoms with Gasteiger partial charge in [-0.25, -0.2) is 24.6 Å². The summed E-state index contributed by atoms with van der Waals surface area (Å²) in [6, 6.07) is 0.715. The van der Waals surface area contributed by atoms with Crippen molar-refractivity contribution < 1.29 is 8.78 Å². The van der Waals surface area contributed by atoms with Crippen LogP contribution >= 0.6 is 11.3 Å². The van der Waals surface area contributed by atoms with Gasteiger partial charge in [-0.15, -0.1) is 11.3 Å². The number of nitrogens with one attached hydrogen (secondary N) is 2. The zero-order chi connectivity index (χ0) is 12.3. The number of halogens is 2.